The number of nitrogens with zero attached hydrogens (tertiary/aromatic N) is 3. The van der Waals surface area contributed by atoms with Crippen LogP contribution in [0.2, 0.25) is 0 Å². The first kappa shape index (κ1) is 14.5. The standard InChI is InChI=1S/C13H19N5OS/c1-8-5-11(19-18-8)6-15-13(14-4)16-7-12-9(2)17-10(3)20-12/h5H,6-7H2,1-4H3,(H2,14,15,16). The fraction of sp³-hybridized carbons (Fsp3) is 0.462. The maximum absolute atomic E-state index is 5.14. The Balaban J connectivity index is 1.85. The quantitative estimate of drug-likeness (QED) is 0.665. The molecule has 2 aromatic heterocycles. The van der Waals surface area contributed by atoms with Crippen LogP contribution in [0.3, 0.4) is 0 Å². The van der Waals surface area contributed by atoms with E-state index >= 15 is 0 Å². The van der Waals surface area contributed by atoms with Gasteiger partial charge in [0.2, 0.25) is 0 Å². The first-order chi connectivity index (χ1) is 9.58. The van der Waals surface area contributed by atoms with E-state index in [1.54, 1.807) is 18.4 Å². The van der Waals surface area contributed by atoms with E-state index in [4.69, 9.17) is 4.52 Å². The summed E-state index contributed by atoms with van der Waals surface area (Å²) in [6, 6.07) is 1.90. The molecule has 0 atom stereocenters. The average Bonchev–Trinajstić information content (AvgIpc) is 2.96. The Hall–Kier alpha value is -1.89. The molecule has 0 spiro atoms. The normalized spacial score (nSPS) is 11.7. The molecule has 2 rings (SSSR count). The van der Waals surface area contributed by atoms with Gasteiger partial charge in [0, 0.05) is 18.0 Å². The summed E-state index contributed by atoms with van der Waals surface area (Å²) in [7, 11) is 1.74. The third-order valence-electron chi connectivity index (χ3n) is 2.75. The molecule has 7 heteroatoms. The summed E-state index contributed by atoms with van der Waals surface area (Å²) in [5.74, 6) is 1.51. The van der Waals surface area contributed by atoms with Gasteiger partial charge in [0.05, 0.1) is 29.5 Å². The highest BCUT2D eigenvalue weighted by Crippen LogP contribution is 2.16. The zero-order valence-corrected chi connectivity index (χ0v) is 13.0. The Morgan fingerprint density at radius 2 is 2.05 bits per heavy atom. The van der Waals surface area contributed by atoms with Crippen LogP contribution in [0.5, 0.6) is 0 Å². The summed E-state index contributed by atoms with van der Waals surface area (Å²) >= 11 is 1.70. The monoisotopic (exact) mass is 293 g/mol. The molecule has 0 aliphatic heterocycles. The molecule has 0 aromatic carbocycles. The number of hydrogen-bond donors (Lipinski definition) is 2. The molecule has 2 N–H and O–H groups in total. The van der Waals surface area contributed by atoms with Crippen LogP contribution < -0.4 is 10.6 Å². The maximum Gasteiger partial charge on any atom is 0.191 e. The topological polar surface area (TPSA) is 75.3 Å². The van der Waals surface area contributed by atoms with E-state index in [0.717, 1.165) is 28.1 Å². The molecule has 108 valence electrons. The molecule has 0 unspecified atom stereocenters. The van der Waals surface area contributed by atoms with Crippen molar-refractivity contribution in [3.63, 3.8) is 0 Å². The average molecular weight is 293 g/mol. The van der Waals surface area contributed by atoms with E-state index in [2.05, 4.69) is 25.8 Å². The number of aryl methyl sites for hydroxylation is 3. The molecular weight excluding hydrogens is 274 g/mol. The molecule has 0 amide bonds. The summed E-state index contributed by atoms with van der Waals surface area (Å²) in [6.45, 7) is 7.21. The molecule has 0 bridgehead atoms. The van der Waals surface area contributed by atoms with Crippen LogP contribution in [-0.2, 0) is 13.1 Å². The highest BCUT2D eigenvalue weighted by Gasteiger charge is 2.06. The van der Waals surface area contributed by atoms with Gasteiger partial charge in [-0.2, -0.15) is 0 Å². The van der Waals surface area contributed by atoms with Crippen molar-refractivity contribution in [2.45, 2.75) is 33.9 Å². The van der Waals surface area contributed by atoms with Crippen molar-refractivity contribution in [2.24, 2.45) is 4.99 Å². The molecule has 2 heterocycles. The highest BCUT2D eigenvalue weighted by molar-refractivity contribution is 7.11. The van der Waals surface area contributed by atoms with E-state index in [9.17, 15) is 0 Å². The van der Waals surface area contributed by atoms with Crippen molar-refractivity contribution in [2.75, 3.05) is 7.05 Å². The molecule has 0 saturated carbocycles. The Morgan fingerprint density at radius 3 is 2.60 bits per heavy atom. The van der Waals surface area contributed by atoms with Gasteiger partial charge < -0.3 is 15.2 Å². The first-order valence-electron chi connectivity index (χ1n) is 6.38. The zero-order valence-electron chi connectivity index (χ0n) is 12.1. The van der Waals surface area contributed by atoms with Crippen LogP contribution in [-0.4, -0.2) is 23.1 Å². The predicted molar refractivity (Wildman–Crippen MR) is 79.9 cm³/mol. The number of aliphatic imine (C=N–C) groups is 1. The van der Waals surface area contributed by atoms with Crippen molar-refractivity contribution >= 4 is 17.3 Å². The van der Waals surface area contributed by atoms with Crippen LogP contribution in [0.15, 0.2) is 15.6 Å². The number of rotatable bonds is 4. The lowest BCUT2D eigenvalue weighted by atomic mass is 10.4. The second-order valence-corrected chi connectivity index (χ2v) is 5.74. The Labute approximate surface area is 122 Å². The van der Waals surface area contributed by atoms with E-state index in [0.29, 0.717) is 13.1 Å². The van der Waals surface area contributed by atoms with Crippen LogP contribution >= 0.6 is 11.3 Å². The van der Waals surface area contributed by atoms with Gasteiger partial charge >= 0.3 is 0 Å². The van der Waals surface area contributed by atoms with Crippen LogP contribution in [0.4, 0.5) is 0 Å². The molecule has 0 aliphatic rings. The second-order valence-electron chi connectivity index (χ2n) is 4.46. The van der Waals surface area contributed by atoms with Gasteiger partial charge in [-0.3, -0.25) is 4.99 Å². The van der Waals surface area contributed by atoms with Crippen molar-refractivity contribution in [1.82, 2.24) is 20.8 Å². The number of thiazole rings is 1. The van der Waals surface area contributed by atoms with Crippen LogP contribution in [0.25, 0.3) is 0 Å². The largest absolute Gasteiger partial charge is 0.359 e. The minimum atomic E-state index is 0.557. The SMILES string of the molecule is CN=C(NCc1cc(C)no1)NCc1sc(C)nc1C. The number of aromatic nitrogens is 2. The van der Waals surface area contributed by atoms with Gasteiger partial charge in [-0.25, -0.2) is 4.98 Å². The van der Waals surface area contributed by atoms with Gasteiger partial charge in [-0.1, -0.05) is 5.16 Å². The summed E-state index contributed by atoms with van der Waals surface area (Å²) in [5, 5.41) is 11.4. The number of hydrogen-bond acceptors (Lipinski definition) is 5. The smallest absolute Gasteiger partial charge is 0.191 e. The summed E-state index contributed by atoms with van der Waals surface area (Å²) in [6.07, 6.45) is 0. The minimum absolute atomic E-state index is 0.557. The van der Waals surface area contributed by atoms with Crippen molar-refractivity contribution in [1.29, 1.82) is 0 Å². The van der Waals surface area contributed by atoms with Crippen molar-refractivity contribution in [3.05, 3.63) is 33.1 Å². The molecular formula is C13H19N5OS. The Bertz CT molecular complexity index is 602. The maximum atomic E-state index is 5.14. The molecule has 0 radical (unpaired) electrons. The van der Waals surface area contributed by atoms with Gasteiger partial charge in [0.15, 0.2) is 11.7 Å². The van der Waals surface area contributed by atoms with Crippen LogP contribution in [0, 0.1) is 20.8 Å². The Morgan fingerprint density at radius 1 is 1.30 bits per heavy atom. The van der Waals surface area contributed by atoms with Crippen LogP contribution in [0.1, 0.15) is 27.0 Å². The van der Waals surface area contributed by atoms with E-state index in [1.165, 1.54) is 4.88 Å². The summed E-state index contributed by atoms with van der Waals surface area (Å²) in [5.41, 5.74) is 1.95. The number of nitrogens with one attached hydrogen (secondary N) is 2. The highest BCUT2D eigenvalue weighted by atomic mass is 32.1. The van der Waals surface area contributed by atoms with Gasteiger partial charge in [0.1, 0.15) is 0 Å². The molecule has 6 nitrogen and oxygen atoms in total. The zero-order chi connectivity index (χ0) is 14.5. The van der Waals surface area contributed by atoms with Crippen molar-refractivity contribution < 1.29 is 4.52 Å². The lowest BCUT2D eigenvalue weighted by molar-refractivity contribution is 0.376. The van der Waals surface area contributed by atoms with Gasteiger partial charge in [-0.05, 0) is 20.8 Å². The molecule has 2 aromatic rings. The predicted octanol–water partition coefficient (Wildman–Crippen LogP) is 1.92. The van der Waals surface area contributed by atoms with Gasteiger partial charge in [0.25, 0.3) is 0 Å². The third-order valence-corrected chi connectivity index (χ3v) is 3.82. The van der Waals surface area contributed by atoms with E-state index in [-0.39, 0.29) is 0 Å². The lowest BCUT2D eigenvalue weighted by Gasteiger charge is -2.09. The molecule has 0 aliphatic carbocycles. The number of guanidine groups is 1. The molecule has 0 saturated heterocycles. The van der Waals surface area contributed by atoms with E-state index in [1.807, 2.05) is 26.8 Å². The second kappa shape index (κ2) is 6.51. The fourth-order valence-electron chi connectivity index (χ4n) is 1.79. The van der Waals surface area contributed by atoms with Gasteiger partial charge in [-0.15, -0.1) is 11.3 Å². The van der Waals surface area contributed by atoms with Crippen molar-refractivity contribution in [3.8, 4) is 0 Å². The first-order valence-corrected chi connectivity index (χ1v) is 7.19. The third kappa shape index (κ3) is 3.80. The Kier molecular flexibility index (Phi) is 4.73. The molecule has 20 heavy (non-hydrogen) atoms. The van der Waals surface area contributed by atoms with E-state index < -0.39 is 0 Å². The molecule has 0 fully saturated rings. The minimum Gasteiger partial charge on any atom is -0.359 e. The fourth-order valence-corrected chi connectivity index (χ4v) is 2.67. The summed E-state index contributed by atoms with van der Waals surface area (Å²) in [4.78, 5) is 9.81. The lowest BCUT2D eigenvalue weighted by Crippen LogP contribution is -2.36. The summed E-state index contributed by atoms with van der Waals surface area (Å²) < 4.78 is 5.14.